The maximum Gasteiger partial charge on any atom is 0.0552 e. The van der Waals surface area contributed by atoms with Crippen LogP contribution in [0.2, 0.25) is 0 Å². The van der Waals surface area contributed by atoms with Crippen LogP contribution in [0, 0.1) is 11.8 Å². The Bertz CT molecular complexity index is 325. The highest BCUT2D eigenvalue weighted by Gasteiger charge is 2.32. The predicted molar refractivity (Wildman–Crippen MR) is 60.9 cm³/mol. The van der Waals surface area contributed by atoms with Crippen LogP contribution in [0.3, 0.4) is 0 Å². The molecule has 0 bridgehead atoms. The normalized spacial score (nSPS) is 30.3. The molecule has 0 unspecified atom stereocenters. The molecule has 80 valence electrons. The van der Waals surface area contributed by atoms with E-state index < -0.39 is 0 Å². The van der Waals surface area contributed by atoms with Gasteiger partial charge in [0.25, 0.3) is 0 Å². The summed E-state index contributed by atoms with van der Waals surface area (Å²) >= 11 is 0. The predicted octanol–water partition coefficient (Wildman–Crippen LogP) is 1.13. The Morgan fingerprint density at radius 2 is 2.27 bits per heavy atom. The van der Waals surface area contributed by atoms with Crippen LogP contribution in [0.1, 0.15) is 6.42 Å². The van der Waals surface area contributed by atoms with Crippen molar-refractivity contribution >= 4 is 5.69 Å². The molecule has 0 spiro atoms. The van der Waals surface area contributed by atoms with Crippen molar-refractivity contribution in [2.24, 2.45) is 11.8 Å². The van der Waals surface area contributed by atoms with E-state index in [0.29, 0.717) is 0 Å². The molecule has 2 aliphatic heterocycles. The molecule has 0 radical (unpaired) electrons. The first-order valence-electron chi connectivity index (χ1n) is 5.79. The summed E-state index contributed by atoms with van der Waals surface area (Å²) in [5.74, 6) is 1.76. The summed E-state index contributed by atoms with van der Waals surface area (Å²) in [5, 5.41) is 3.49. The molecule has 0 saturated carbocycles. The van der Waals surface area contributed by atoms with Gasteiger partial charge in [0.15, 0.2) is 0 Å². The molecule has 2 atom stereocenters. The second kappa shape index (κ2) is 3.81. The molecular weight excluding hydrogens is 186 g/mol. The van der Waals surface area contributed by atoms with Crippen LogP contribution in [0.4, 0.5) is 5.69 Å². The van der Waals surface area contributed by atoms with Crippen LogP contribution in [-0.4, -0.2) is 31.2 Å². The van der Waals surface area contributed by atoms with Crippen LogP contribution < -0.4 is 10.2 Å². The van der Waals surface area contributed by atoms with Crippen molar-refractivity contribution in [2.45, 2.75) is 6.42 Å². The van der Waals surface area contributed by atoms with E-state index in [1.807, 2.05) is 18.5 Å². The average Bonchev–Trinajstić information content (AvgIpc) is 2.77. The van der Waals surface area contributed by atoms with Gasteiger partial charge in [-0.05, 0) is 43.5 Å². The van der Waals surface area contributed by atoms with E-state index in [4.69, 9.17) is 0 Å². The fourth-order valence-electron chi connectivity index (χ4n) is 2.81. The first-order valence-corrected chi connectivity index (χ1v) is 5.79. The lowest BCUT2D eigenvalue weighted by atomic mass is 9.88. The van der Waals surface area contributed by atoms with Crippen molar-refractivity contribution in [2.75, 3.05) is 31.1 Å². The largest absolute Gasteiger partial charge is 0.370 e. The zero-order valence-electron chi connectivity index (χ0n) is 8.89. The van der Waals surface area contributed by atoms with Gasteiger partial charge in [0.2, 0.25) is 0 Å². The Morgan fingerprint density at radius 3 is 3.13 bits per heavy atom. The molecule has 3 heteroatoms. The SMILES string of the molecule is c1cncc(N2CC[C@H]3CNC[C@H]3C2)c1. The summed E-state index contributed by atoms with van der Waals surface area (Å²) in [4.78, 5) is 6.66. The van der Waals surface area contributed by atoms with Gasteiger partial charge in [0.05, 0.1) is 11.9 Å². The molecule has 2 fully saturated rings. The maximum atomic E-state index is 4.19. The molecule has 2 aliphatic rings. The zero-order valence-corrected chi connectivity index (χ0v) is 8.89. The van der Waals surface area contributed by atoms with E-state index in [-0.39, 0.29) is 0 Å². The monoisotopic (exact) mass is 203 g/mol. The summed E-state index contributed by atoms with van der Waals surface area (Å²) in [6.07, 6.45) is 5.14. The standard InChI is InChI=1S/C12H17N3/c1-2-12(8-13-4-1)15-5-3-10-6-14-7-11(10)9-15/h1-2,4,8,10-11,14H,3,5-7,9H2/t10-,11-/m0/s1. The third-order valence-electron chi connectivity index (χ3n) is 3.72. The first kappa shape index (κ1) is 9.16. The number of anilines is 1. The second-order valence-corrected chi connectivity index (χ2v) is 4.62. The van der Waals surface area contributed by atoms with Gasteiger partial charge in [0.1, 0.15) is 0 Å². The number of aromatic nitrogens is 1. The van der Waals surface area contributed by atoms with E-state index in [0.717, 1.165) is 11.8 Å². The minimum atomic E-state index is 0.846. The van der Waals surface area contributed by atoms with Gasteiger partial charge in [-0.25, -0.2) is 0 Å². The van der Waals surface area contributed by atoms with Gasteiger partial charge in [-0.2, -0.15) is 0 Å². The fraction of sp³-hybridized carbons (Fsp3) is 0.583. The number of piperidine rings is 1. The van der Waals surface area contributed by atoms with E-state index in [9.17, 15) is 0 Å². The van der Waals surface area contributed by atoms with Gasteiger partial charge < -0.3 is 10.2 Å². The maximum absolute atomic E-state index is 4.19. The summed E-state index contributed by atoms with van der Waals surface area (Å²) in [7, 11) is 0. The molecule has 0 aromatic carbocycles. The van der Waals surface area contributed by atoms with E-state index >= 15 is 0 Å². The smallest absolute Gasteiger partial charge is 0.0552 e. The van der Waals surface area contributed by atoms with Crippen molar-refractivity contribution in [1.29, 1.82) is 0 Å². The highest BCUT2D eigenvalue weighted by Crippen LogP contribution is 2.29. The molecule has 3 nitrogen and oxygen atoms in total. The minimum absolute atomic E-state index is 0.846. The van der Waals surface area contributed by atoms with Crippen molar-refractivity contribution < 1.29 is 0 Å². The number of rotatable bonds is 1. The zero-order chi connectivity index (χ0) is 10.1. The topological polar surface area (TPSA) is 28.2 Å². The Labute approximate surface area is 90.5 Å². The molecular formula is C12H17N3. The van der Waals surface area contributed by atoms with Crippen LogP contribution in [0.25, 0.3) is 0 Å². The number of hydrogen-bond donors (Lipinski definition) is 1. The molecule has 0 aliphatic carbocycles. The Balaban J connectivity index is 1.74. The molecule has 2 saturated heterocycles. The number of hydrogen-bond acceptors (Lipinski definition) is 3. The Morgan fingerprint density at radius 1 is 1.33 bits per heavy atom. The van der Waals surface area contributed by atoms with Crippen molar-refractivity contribution in [1.82, 2.24) is 10.3 Å². The number of fused-ring (bicyclic) bond motifs is 1. The van der Waals surface area contributed by atoms with E-state index in [2.05, 4.69) is 21.3 Å². The molecule has 1 N–H and O–H groups in total. The minimum Gasteiger partial charge on any atom is -0.370 e. The highest BCUT2D eigenvalue weighted by molar-refractivity contribution is 5.44. The number of nitrogens with one attached hydrogen (secondary N) is 1. The Hall–Kier alpha value is -1.09. The molecule has 1 aromatic rings. The van der Waals surface area contributed by atoms with Crippen LogP contribution >= 0.6 is 0 Å². The lowest BCUT2D eigenvalue weighted by molar-refractivity contribution is 0.349. The van der Waals surface area contributed by atoms with Crippen LogP contribution in [0.5, 0.6) is 0 Å². The summed E-state index contributed by atoms with van der Waals surface area (Å²) in [5.41, 5.74) is 1.28. The quantitative estimate of drug-likeness (QED) is 0.741. The molecule has 15 heavy (non-hydrogen) atoms. The van der Waals surface area contributed by atoms with Crippen molar-refractivity contribution in [3.63, 3.8) is 0 Å². The van der Waals surface area contributed by atoms with E-state index in [1.54, 1.807) is 0 Å². The second-order valence-electron chi connectivity index (χ2n) is 4.62. The van der Waals surface area contributed by atoms with Crippen LogP contribution in [0.15, 0.2) is 24.5 Å². The van der Waals surface area contributed by atoms with Gasteiger partial charge >= 0.3 is 0 Å². The molecule has 1 aromatic heterocycles. The highest BCUT2D eigenvalue weighted by atomic mass is 15.2. The molecule has 3 heterocycles. The third-order valence-corrected chi connectivity index (χ3v) is 3.72. The average molecular weight is 203 g/mol. The lowest BCUT2D eigenvalue weighted by Gasteiger charge is -2.35. The fourth-order valence-corrected chi connectivity index (χ4v) is 2.81. The number of pyridine rings is 1. The van der Waals surface area contributed by atoms with Gasteiger partial charge in [0, 0.05) is 19.3 Å². The summed E-state index contributed by atoms with van der Waals surface area (Å²) in [6, 6.07) is 4.18. The summed E-state index contributed by atoms with van der Waals surface area (Å²) in [6.45, 7) is 4.81. The molecule has 0 amide bonds. The summed E-state index contributed by atoms with van der Waals surface area (Å²) < 4.78 is 0. The third kappa shape index (κ3) is 1.72. The number of nitrogens with zero attached hydrogens (tertiary/aromatic N) is 2. The van der Waals surface area contributed by atoms with Gasteiger partial charge in [-0.1, -0.05) is 0 Å². The lowest BCUT2D eigenvalue weighted by Crippen LogP contribution is -2.40. The van der Waals surface area contributed by atoms with E-state index in [1.165, 1.54) is 38.3 Å². The van der Waals surface area contributed by atoms with Crippen molar-refractivity contribution in [3.05, 3.63) is 24.5 Å². The first-order chi connectivity index (χ1) is 7.43. The van der Waals surface area contributed by atoms with Crippen LogP contribution in [-0.2, 0) is 0 Å². The van der Waals surface area contributed by atoms with Gasteiger partial charge in [-0.3, -0.25) is 4.98 Å². The van der Waals surface area contributed by atoms with Crippen molar-refractivity contribution in [3.8, 4) is 0 Å². The van der Waals surface area contributed by atoms with Gasteiger partial charge in [-0.15, -0.1) is 0 Å². The Kier molecular flexibility index (Phi) is 2.33. The molecule has 3 rings (SSSR count).